The van der Waals surface area contributed by atoms with Crippen LogP contribution in [-0.2, 0) is 18.9 Å². The van der Waals surface area contributed by atoms with E-state index >= 15 is 0 Å². The average molecular weight is 450 g/mol. The van der Waals surface area contributed by atoms with E-state index in [1.165, 1.54) is 0 Å². The Hall–Kier alpha value is -0.730. The summed E-state index contributed by atoms with van der Waals surface area (Å²) in [6.45, 7) is 9.23. The Balaban J connectivity index is 1.34. The van der Waals surface area contributed by atoms with Crippen LogP contribution in [0.15, 0.2) is 5.16 Å². The molecule has 180 valence electrons. The number of aliphatic hydroxyl groups is 1. The highest BCUT2D eigenvalue weighted by Crippen LogP contribution is 2.69. The second-order valence-corrected chi connectivity index (χ2v) is 12.0. The summed E-state index contributed by atoms with van der Waals surface area (Å²) in [6, 6.07) is 0. The number of fused-ring (bicyclic) bond motifs is 5. The second kappa shape index (κ2) is 7.14. The van der Waals surface area contributed by atoms with Crippen LogP contribution >= 0.6 is 0 Å². The van der Waals surface area contributed by atoms with E-state index < -0.39 is 17.7 Å². The van der Waals surface area contributed by atoms with Crippen LogP contribution in [0.3, 0.4) is 0 Å². The zero-order valence-corrected chi connectivity index (χ0v) is 19.7. The van der Waals surface area contributed by atoms with Gasteiger partial charge >= 0.3 is 0 Å². The van der Waals surface area contributed by atoms with Crippen molar-refractivity contribution in [3.8, 4) is 0 Å². The van der Waals surface area contributed by atoms with E-state index in [9.17, 15) is 10.3 Å². The highest BCUT2D eigenvalue weighted by atomic mass is 16.7. The van der Waals surface area contributed by atoms with Crippen LogP contribution in [0.4, 0.5) is 0 Å². The van der Waals surface area contributed by atoms with Crippen LogP contribution < -0.4 is 0 Å². The Labute approximate surface area is 190 Å². The molecule has 2 N–H and O–H groups in total. The van der Waals surface area contributed by atoms with Gasteiger partial charge in [-0.05, 0) is 68.1 Å². The van der Waals surface area contributed by atoms with Crippen LogP contribution in [0.5, 0.6) is 0 Å². The third-order valence-corrected chi connectivity index (χ3v) is 10.9. The first-order valence-corrected chi connectivity index (χ1v) is 12.7. The van der Waals surface area contributed by atoms with Crippen molar-refractivity contribution in [2.75, 3.05) is 26.4 Å². The van der Waals surface area contributed by atoms with Crippen molar-refractivity contribution >= 4 is 5.71 Å². The first kappa shape index (κ1) is 21.8. The van der Waals surface area contributed by atoms with Crippen molar-refractivity contribution in [3.05, 3.63) is 0 Å². The lowest BCUT2D eigenvalue weighted by atomic mass is 9.43. The van der Waals surface area contributed by atoms with Gasteiger partial charge in [-0.15, -0.1) is 0 Å². The molecular formula is C25H39NO6. The summed E-state index contributed by atoms with van der Waals surface area (Å²) in [4.78, 5) is 0. The number of hydrogen-bond acceptors (Lipinski definition) is 7. The van der Waals surface area contributed by atoms with Gasteiger partial charge < -0.3 is 29.3 Å². The Morgan fingerprint density at radius 2 is 1.56 bits per heavy atom. The maximum Gasteiger partial charge on any atom is 0.174 e. The summed E-state index contributed by atoms with van der Waals surface area (Å²) < 4.78 is 24.3. The first-order chi connectivity index (χ1) is 15.3. The molecule has 7 heteroatoms. The number of nitrogens with zero attached hydrogens (tertiary/aromatic N) is 1. The lowest BCUT2D eigenvalue weighted by Crippen LogP contribution is -2.64. The molecule has 0 aromatic heterocycles. The fraction of sp³-hybridized carbons (Fsp3) is 0.960. The van der Waals surface area contributed by atoms with E-state index in [1.807, 2.05) is 0 Å². The first-order valence-electron chi connectivity index (χ1n) is 12.7. The van der Waals surface area contributed by atoms with E-state index in [-0.39, 0.29) is 22.7 Å². The molecule has 0 aromatic rings. The normalized spacial score (nSPS) is 52.7. The maximum absolute atomic E-state index is 11.8. The maximum atomic E-state index is 11.8. The molecule has 0 aromatic carbocycles. The molecule has 6 fully saturated rings. The Kier molecular flexibility index (Phi) is 4.86. The van der Waals surface area contributed by atoms with E-state index in [1.54, 1.807) is 0 Å². The van der Waals surface area contributed by atoms with Crippen molar-refractivity contribution in [1.29, 1.82) is 0 Å². The van der Waals surface area contributed by atoms with Crippen LogP contribution in [0.1, 0.15) is 65.7 Å². The number of hydrogen-bond donors (Lipinski definition) is 2. The molecule has 4 saturated carbocycles. The van der Waals surface area contributed by atoms with Crippen LogP contribution in [0, 0.1) is 40.4 Å². The fourth-order valence-electron chi connectivity index (χ4n) is 9.65. The van der Waals surface area contributed by atoms with Crippen molar-refractivity contribution < 1.29 is 29.3 Å². The highest BCUT2D eigenvalue weighted by Gasteiger charge is 2.68. The van der Waals surface area contributed by atoms with Gasteiger partial charge in [-0.3, -0.25) is 0 Å². The fourth-order valence-corrected chi connectivity index (χ4v) is 9.65. The standard InChI is InChI=1S/C25H39NO6/c1-22-13-18(27)21-16(17(22)6-7-19(22)24(3)29-8-9-30-24)5-4-15-12-25(31-10-11-32-25)14-20(26-28)23(15,21)2/h15-19,21,27-28H,4-14H2,1-3H3/b26-20+/t15-,16?,17+,18?,19?,21?,22+,23-/m1/s1. The summed E-state index contributed by atoms with van der Waals surface area (Å²) in [5.41, 5.74) is 0.422. The summed E-state index contributed by atoms with van der Waals surface area (Å²) in [7, 11) is 0. The molecular weight excluding hydrogens is 410 g/mol. The lowest BCUT2D eigenvalue weighted by Gasteiger charge is -2.63. The molecule has 0 bridgehead atoms. The van der Waals surface area contributed by atoms with Crippen molar-refractivity contribution in [2.24, 2.45) is 45.6 Å². The zero-order chi connectivity index (χ0) is 22.4. The molecule has 1 spiro atoms. The minimum atomic E-state index is -0.642. The smallest absolute Gasteiger partial charge is 0.174 e. The van der Waals surface area contributed by atoms with Gasteiger partial charge in [0.15, 0.2) is 11.6 Å². The summed E-state index contributed by atoms with van der Waals surface area (Å²) in [5.74, 6) is 0.441. The molecule has 2 saturated heterocycles. The molecule has 0 radical (unpaired) electrons. The minimum Gasteiger partial charge on any atom is -0.411 e. The van der Waals surface area contributed by atoms with Gasteiger partial charge in [0.05, 0.1) is 38.2 Å². The molecule has 8 atom stereocenters. The molecule has 6 rings (SSSR count). The quantitative estimate of drug-likeness (QED) is 0.470. The van der Waals surface area contributed by atoms with Crippen molar-refractivity contribution in [3.63, 3.8) is 0 Å². The largest absolute Gasteiger partial charge is 0.411 e. The molecule has 7 nitrogen and oxygen atoms in total. The van der Waals surface area contributed by atoms with Gasteiger partial charge in [0.1, 0.15) is 0 Å². The SMILES string of the molecule is CC1(C2CC[C@H]3C4CC[C@@H]5CC6(C/C(=N\O)[C@]5(C)C4C(O)C[C@]23C)OCCO6)OCCO1. The van der Waals surface area contributed by atoms with Gasteiger partial charge in [0.2, 0.25) is 0 Å². The number of ether oxygens (including phenoxy) is 4. The Morgan fingerprint density at radius 3 is 2.25 bits per heavy atom. The van der Waals surface area contributed by atoms with Gasteiger partial charge in [-0.1, -0.05) is 19.0 Å². The molecule has 2 heterocycles. The number of aliphatic hydroxyl groups excluding tert-OH is 1. The molecule has 0 amide bonds. The van der Waals surface area contributed by atoms with Crippen LogP contribution in [-0.4, -0.2) is 60.1 Å². The molecule has 32 heavy (non-hydrogen) atoms. The zero-order valence-electron chi connectivity index (χ0n) is 19.7. The van der Waals surface area contributed by atoms with E-state index in [2.05, 4.69) is 25.9 Å². The van der Waals surface area contributed by atoms with Crippen molar-refractivity contribution in [2.45, 2.75) is 83.4 Å². The summed E-state index contributed by atoms with van der Waals surface area (Å²) >= 11 is 0. The monoisotopic (exact) mass is 449 g/mol. The average Bonchev–Trinajstić information content (AvgIpc) is 3.47. The minimum absolute atomic E-state index is 0.00699. The number of oxime groups is 1. The third-order valence-electron chi connectivity index (χ3n) is 10.9. The van der Waals surface area contributed by atoms with E-state index in [4.69, 9.17) is 18.9 Å². The van der Waals surface area contributed by atoms with Crippen LogP contribution in [0.25, 0.3) is 0 Å². The summed E-state index contributed by atoms with van der Waals surface area (Å²) in [5, 5.41) is 25.7. The predicted molar refractivity (Wildman–Crippen MR) is 116 cm³/mol. The van der Waals surface area contributed by atoms with E-state index in [0.29, 0.717) is 50.6 Å². The number of rotatable bonds is 1. The van der Waals surface area contributed by atoms with Gasteiger partial charge in [-0.2, -0.15) is 0 Å². The molecule has 6 aliphatic rings. The van der Waals surface area contributed by atoms with Crippen LogP contribution in [0.2, 0.25) is 0 Å². The van der Waals surface area contributed by atoms with Gasteiger partial charge in [-0.25, -0.2) is 0 Å². The van der Waals surface area contributed by atoms with Gasteiger partial charge in [0.25, 0.3) is 0 Å². The molecule has 4 unspecified atom stereocenters. The Bertz CT molecular complexity index is 789. The van der Waals surface area contributed by atoms with E-state index in [0.717, 1.165) is 44.2 Å². The topological polar surface area (TPSA) is 89.7 Å². The summed E-state index contributed by atoms with van der Waals surface area (Å²) in [6.07, 6.45) is 6.03. The third kappa shape index (κ3) is 2.75. The lowest BCUT2D eigenvalue weighted by molar-refractivity contribution is -0.233. The molecule has 4 aliphatic carbocycles. The molecule has 2 aliphatic heterocycles. The second-order valence-electron chi connectivity index (χ2n) is 12.0. The van der Waals surface area contributed by atoms with Crippen molar-refractivity contribution in [1.82, 2.24) is 0 Å². The Morgan fingerprint density at radius 1 is 0.875 bits per heavy atom. The van der Waals surface area contributed by atoms with Gasteiger partial charge in [0, 0.05) is 24.2 Å². The predicted octanol–water partition coefficient (Wildman–Crippen LogP) is 3.56. The highest BCUT2D eigenvalue weighted by molar-refractivity contribution is 5.92.